The molecule has 0 spiro atoms. The van der Waals surface area contributed by atoms with Crippen molar-refractivity contribution >= 4 is 28.9 Å². The minimum Gasteiger partial charge on any atom is -0.397 e. The average Bonchev–Trinajstić information content (AvgIpc) is 2.34. The summed E-state index contributed by atoms with van der Waals surface area (Å²) < 4.78 is 5.40. The van der Waals surface area contributed by atoms with Gasteiger partial charge in [-0.15, -0.1) is 0 Å². The monoisotopic (exact) mass is 254 g/mol. The first-order valence-corrected chi connectivity index (χ1v) is 6.02. The first-order chi connectivity index (χ1) is 8.16. The van der Waals surface area contributed by atoms with E-state index in [9.17, 15) is 4.79 Å². The van der Waals surface area contributed by atoms with Gasteiger partial charge in [0.25, 0.3) is 5.91 Å². The van der Waals surface area contributed by atoms with Gasteiger partial charge in [-0.2, -0.15) is 0 Å². The molecule has 5 heteroatoms. The minimum absolute atomic E-state index is 0.140. The van der Waals surface area contributed by atoms with Gasteiger partial charge in [-0.1, -0.05) is 11.6 Å². The van der Waals surface area contributed by atoms with Gasteiger partial charge in [-0.05, 0) is 37.5 Å². The van der Waals surface area contributed by atoms with Gasteiger partial charge in [0.05, 0.1) is 11.4 Å². The van der Waals surface area contributed by atoms with Crippen molar-refractivity contribution in [3.8, 4) is 0 Å². The molecule has 1 aliphatic rings. The van der Waals surface area contributed by atoms with E-state index in [1.165, 1.54) is 0 Å². The van der Waals surface area contributed by atoms with E-state index in [2.05, 4.69) is 5.32 Å². The first-order valence-electron chi connectivity index (χ1n) is 5.64. The molecule has 1 unspecified atom stereocenters. The zero-order valence-corrected chi connectivity index (χ0v) is 10.2. The van der Waals surface area contributed by atoms with E-state index in [0.717, 1.165) is 19.3 Å². The molecule has 0 aromatic heterocycles. The second kappa shape index (κ2) is 5.38. The number of carbonyl (C=O) groups excluding carboxylic acids is 1. The normalized spacial score (nSPS) is 19.9. The van der Waals surface area contributed by atoms with Crippen LogP contribution < -0.4 is 11.1 Å². The van der Waals surface area contributed by atoms with E-state index in [4.69, 9.17) is 22.1 Å². The van der Waals surface area contributed by atoms with Gasteiger partial charge >= 0.3 is 0 Å². The predicted molar refractivity (Wildman–Crippen MR) is 68.1 cm³/mol. The Balaban J connectivity index is 2.02. The Kier molecular flexibility index (Phi) is 3.86. The van der Waals surface area contributed by atoms with Crippen molar-refractivity contribution < 1.29 is 9.53 Å². The first kappa shape index (κ1) is 12.2. The Morgan fingerprint density at radius 1 is 1.47 bits per heavy atom. The standard InChI is InChI=1S/C12H15ClN2O2/c13-8-4-5-10(9(14)7-8)15-12(16)11-3-1-2-6-17-11/h4-5,7,11H,1-3,6,14H2,(H,15,16). The van der Waals surface area contributed by atoms with Crippen molar-refractivity contribution in [1.82, 2.24) is 0 Å². The van der Waals surface area contributed by atoms with Crippen LogP contribution in [0.3, 0.4) is 0 Å². The third-order valence-corrected chi connectivity index (χ3v) is 2.98. The molecule has 1 aromatic rings. The van der Waals surface area contributed by atoms with Crippen molar-refractivity contribution in [2.45, 2.75) is 25.4 Å². The number of hydrogen-bond acceptors (Lipinski definition) is 3. The summed E-state index contributed by atoms with van der Waals surface area (Å²) >= 11 is 5.78. The smallest absolute Gasteiger partial charge is 0.253 e. The molecule has 0 radical (unpaired) electrons. The highest BCUT2D eigenvalue weighted by Gasteiger charge is 2.22. The Bertz CT molecular complexity index is 417. The van der Waals surface area contributed by atoms with Gasteiger partial charge in [0, 0.05) is 11.6 Å². The van der Waals surface area contributed by atoms with Crippen molar-refractivity contribution in [3.05, 3.63) is 23.2 Å². The number of benzene rings is 1. The Hall–Kier alpha value is -1.26. The molecule has 92 valence electrons. The summed E-state index contributed by atoms with van der Waals surface area (Å²) in [6, 6.07) is 4.99. The molecule has 4 nitrogen and oxygen atoms in total. The minimum atomic E-state index is -0.362. The maximum atomic E-state index is 11.9. The molecule has 1 aliphatic heterocycles. The van der Waals surface area contributed by atoms with E-state index >= 15 is 0 Å². The molecular formula is C12H15ClN2O2. The summed E-state index contributed by atoms with van der Waals surface area (Å²) in [5.74, 6) is -0.140. The number of anilines is 2. The van der Waals surface area contributed by atoms with E-state index in [1.807, 2.05) is 0 Å². The lowest BCUT2D eigenvalue weighted by Crippen LogP contribution is -2.33. The molecule has 3 N–H and O–H groups in total. The lowest BCUT2D eigenvalue weighted by atomic mass is 10.1. The molecule has 1 atom stereocenters. The highest BCUT2D eigenvalue weighted by atomic mass is 35.5. The van der Waals surface area contributed by atoms with Crippen LogP contribution in [0.4, 0.5) is 11.4 Å². The molecule has 1 fully saturated rings. The number of nitrogen functional groups attached to an aromatic ring is 1. The van der Waals surface area contributed by atoms with E-state index in [-0.39, 0.29) is 12.0 Å². The second-order valence-corrected chi connectivity index (χ2v) is 4.51. The molecule has 0 aliphatic carbocycles. The van der Waals surface area contributed by atoms with Crippen LogP contribution in [-0.2, 0) is 9.53 Å². The molecule has 0 bridgehead atoms. The lowest BCUT2D eigenvalue weighted by molar-refractivity contribution is -0.129. The Morgan fingerprint density at radius 3 is 2.94 bits per heavy atom. The molecule has 1 aromatic carbocycles. The number of amides is 1. The van der Waals surface area contributed by atoms with Crippen LogP contribution in [0.2, 0.25) is 5.02 Å². The Morgan fingerprint density at radius 2 is 2.29 bits per heavy atom. The molecular weight excluding hydrogens is 240 g/mol. The van der Waals surface area contributed by atoms with Crippen LogP contribution in [0.1, 0.15) is 19.3 Å². The van der Waals surface area contributed by atoms with Gasteiger partial charge in [0.1, 0.15) is 6.10 Å². The summed E-state index contributed by atoms with van der Waals surface area (Å²) in [5, 5.41) is 3.31. The number of ether oxygens (including phenoxy) is 1. The van der Waals surface area contributed by atoms with Crippen LogP contribution in [-0.4, -0.2) is 18.6 Å². The molecule has 1 amide bonds. The molecule has 2 rings (SSSR count). The van der Waals surface area contributed by atoms with Crippen molar-refractivity contribution in [2.75, 3.05) is 17.7 Å². The van der Waals surface area contributed by atoms with E-state index < -0.39 is 0 Å². The zero-order valence-electron chi connectivity index (χ0n) is 9.41. The molecule has 17 heavy (non-hydrogen) atoms. The van der Waals surface area contributed by atoms with Crippen molar-refractivity contribution in [2.24, 2.45) is 0 Å². The number of halogens is 1. The quantitative estimate of drug-likeness (QED) is 0.797. The molecule has 1 saturated heterocycles. The topological polar surface area (TPSA) is 64.3 Å². The lowest BCUT2D eigenvalue weighted by Gasteiger charge is -2.22. The number of nitrogens with one attached hydrogen (secondary N) is 1. The summed E-state index contributed by atoms with van der Waals surface area (Å²) in [6.45, 7) is 0.647. The third kappa shape index (κ3) is 3.11. The van der Waals surface area contributed by atoms with Crippen molar-refractivity contribution in [3.63, 3.8) is 0 Å². The zero-order chi connectivity index (χ0) is 12.3. The van der Waals surface area contributed by atoms with Crippen LogP contribution in [0.5, 0.6) is 0 Å². The Labute approximate surface area is 105 Å². The maximum Gasteiger partial charge on any atom is 0.253 e. The highest BCUT2D eigenvalue weighted by Crippen LogP contribution is 2.23. The fourth-order valence-corrected chi connectivity index (χ4v) is 1.99. The number of hydrogen-bond donors (Lipinski definition) is 2. The summed E-state index contributed by atoms with van der Waals surface area (Å²) in [5.41, 5.74) is 6.80. The van der Waals surface area contributed by atoms with E-state index in [0.29, 0.717) is 23.0 Å². The predicted octanol–water partition coefficient (Wildman–Crippen LogP) is 2.43. The largest absolute Gasteiger partial charge is 0.397 e. The van der Waals surface area contributed by atoms with Gasteiger partial charge in [0.2, 0.25) is 0 Å². The number of carbonyl (C=O) groups is 1. The van der Waals surface area contributed by atoms with Gasteiger partial charge in [-0.3, -0.25) is 4.79 Å². The van der Waals surface area contributed by atoms with Crippen LogP contribution in [0.15, 0.2) is 18.2 Å². The summed E-state index contributed by atoms with van der Waals surface area (Å²) in [7, 11) is 0. The number of nitrogens with two attached hydrogens (primary N) is 1. The maximum absolute atomic E-state index is 11.9. The molecule has 1 heterocycles. The van der Waals surface area contributed by atoms with E-state index in [1.54, 1.807) is 18.2 Å². The summed E-state index contributed by atoms with van der Waals surface area (Å²) in [4.78, 5) is 11.9. The SMILES string of the molecule is Nc1cc(Cl)ccc1NC(=O)C1CCCCO1. The highest BCUT2D eigenvalue weighted by molar-refractivity contribution is 6.31. The van der Waals surface area contributed by atoms with Gasteiger partial charge < -0.3 is 15.8 Å². The van der Waals surface area contributed by atoms with Gasteiger partial charge in [-0.25, -0.2) is 0 Å². The summed E-state index contributed by atoms with van der Waals surface area (Å²) in [6.07, 6.45) is 2.44. The van der Waals surface area contributed by atoms with Crippen LogP contribution >= 0.6 is 11.6 Å². The average molecular weight is 255 g/mol. The fourth-order valence-electron chi connectivity index (χ4n) is 1.81. The van der Waals surface area contributed by atoms with Crippen LogP contribution in [0.25, 0.3) is 0 Å². The fraction of sp³-hybridized carbons (Fsp3) is 0.417. The van der Waals surface area contributed by atoms with Crippen molar-refractivity contribution in [1.29, 1.82) is 0 Å². The second-order valence-electron chi connectivity index (χ2n) is 4.08. The third-order valence-electron chi connectivity index (χ3n) is 2.74. The van der Waals surface area contributed by atoms with Crippen LogP contribution in [0, 0.1) is 0 Å². The number of rotatable bonds is 2. The van der Waals surface area contributed by atoms with Gasteiger partial charge in [0.15, 0.2) is 0 Å². The molecule has 0 saturated carbocycles.